The number of carbonyl (C=O) groups is 1. The van der Waals surface area contributed by atoms with Crippen LogP contribution < -0.4 is 5.32 Å². The summed E-state index contributed by atoms with van der Waals surface area (Å²) in [4.78, 5) is 21.1. The quantitative estimate of drug-likeness (QED) is 0.854. The number of nitrogens with one attached hydrogen (secondary N) is 1. The van der Waals surface area contributed by atoms with E-state index in [-0.39, 0.29) is 6.54 Å². The highest BCUT2D eigenvalue weighted by Crippen LogP contribution is 2.27. The Bertz CT molecular complexity index is 570. The van der Waals surface area contributed by atoms with Gasteiger partial charge < -0.3 is 15.2 Å². The number of carboxylic acid groups (broad SMARTS) is 1. The fourth-order valence-electron chi connectivity index (χ4n) is 1.58. The molecule has 2 aromatic heterocycles. The minimum atomic E-state index is -1.00. The van der Waals surface area contributed by atoms with E-state index in [1.807, 2.05) is 13.0 Å². The molecule has 1 unspecified atom stereocenters. The van der Waals surface area contributed by atoms with E-state index in [0.717, 1.165) is 15.1 Å². The van der Waals surface area contributed by atoms with Crippen molar-refractivity contribution in [1.29, 1.82) is 0 Å². The van der Waals surface area contributed by atoms with Gasteiger partial charge in [-0.05, 0) is 13.0 Å². The first-order valence-electron chi connectivity index (χ1n) is 5.32. The number of hydrogen-bond donors (Lipinski definition) is 2. The third kappa shape index (κ3) is 2.57. The number of hydrogen-bond acceptors (Lipinski definition) is 6. The molecule has 1 atom stereocenters. The van der Waals surface area contributed by atoms with Crippen LogP contribution in [0.15, 0.2) is 12.4 Å². The molecule has 0 fully saturated rings. The molecule has 2 rings (SSSR count). The molecular formula is C11H13N3O3S. The van der Waals surface area contributed by atoms with E-state index in [0.29, 0.717) is 5.82 Å². The Morgan fingerprint density at radius 2 is 2.39 bits per heavy atom. The summed E-state index contributed by atoms with van der Waals surface area (Å²) < 4.78 is 4.85. The van der Waals surface area contributed by atoms with Crippen LogP contribution in [0.2, 0.25) is 0 Å². The number of aromatic nitrogens is 2. The van der Waals surface area contributed by atoms with Crippen LogP contribution in [0.4, 0.5) is 5.82 Å². The van der Waals surface area contributed by atoms with Crippen molar-refractivity contribution in [2.24, 2.45) is 0 Å². The summed E-state index contributed by atoms with van der Waals surface area (Å²) in [6, 6.07) is 1.98. The lowest BCUT2D eigenvalue weighted by atomic mass is 10.3. The van der Waals surface area contributed by atoms with Gasteiger partial charge in [0.1, 0.15) is 17.0 Å². The molecular weight excluding hydrogens is 254 g/mol. The number of anilines is 1. The van der Waals surface area contributed by atoms with Crippen LogP contribution >= 0.6 is 11.3 Å². The van der Waals surface area contributed by atoms with Gasteiger partial charge in [0.15, 0.2) is 6.10 Å². The molecule has 0 aliphatic carbocycles. The second kappa shape index (κ2) is 5.28. The number of fused-ring (bicyclic) bond motifs is 1. The van der Waals surface area contributed by atoms with E-state index in [2.05, 4.69) is 15.3 Å². The van der Waals surface area contributed by atoms with Gasteiger partial charge in [-0.2, -0.15) is 0 Å². The Morgan fingerprint density at radius 3 is 3.06 bits per heavy atom. The summed E-state index contributed by atoms with van der Waals surface area (Å²) in [6.45, 7) is 2.15. The molecule has 0 amide bonds. The van der Waals surface area contributed by atoms with Crippen molar-refractivity contribution in [3.05, 3.63) is 17.3 Å². The number of ether oxygens (including phenoxy) is 1. The molecule has 0 spiro atoms. The average molecular weight is 267 g/mol. The molecule has 2 N–H and O–H groups in total. The molecule has 0 radical (unpaired) electrons. The Hall–Kier alpha value is -1.73. The van der Waals surface area contributed by atoms with Gasteiger partial charge in [-0.3, -0.25) is 0 Å². The van der Waals surface area contributed by atoms with Gasteiger partial charge >= 0.3 is 5.97 Å². The minimum Gasteiger partial charge on any atom is -0.479 e. The third-order valence-electron chi connectivity index (χ3n) is 2.47. The van der Waals surface area contributed by atoms with E-state index in [1.54, 1.807) is 11.3 Å². The van der Waals surface area contributed by atoms with Gasteiger partial charge in [0.25, 0.3) is 0 Å². The lowest BCUT2D eigenvalue weighted by Gasteiger charge is -2.12. The Labute approximate surface area is 108 Å². The van der Waals surface area contributed by atoms with Crippen molar-refractivity contribution in [3.63, 3.8) is 0 Å². The summed E-state index contributed by atoms with van der Waals surface area (Å²) in [5.41, 5.74) is 0. The monoisotopic (exact) mass is 267 g/mol. The van der Waals surface area contributed by atoms with Gasteiger partial charge in [-0.1, -0.05) is 0 Å². The van der Waals surface area contributed by atoms with E-state index in [4.69, 9.17) is 9.84 Å². The fraction of sp³-hybridized carbons (Fsp3) is 0.364. The average Bonchev–Trinajstić information content (AvgIpc) is 2.70. The van der Waals surface area contributed by atoms with Crippen LogP contribution in [0.25, 0.3) is 10.2 Å². The zero-order chi connectivity index (χ0) is 13.1. The number of thiophene rings is 1. The third-order valence-corrected chi connectivity index (χ3v) is 3.43. The van der Waals surface area contributed by atoms with Crippen LogP contribution in [0, 0.1) is 6.92 Å². The van der Waals surface area contributed by atoms with Crippen molar-refractivity contribution in [2.45, 2.75) is 13.0 Å². The number of methoxy groups -OCH3 is 1. The van der Waals surface area contributed by atoms with E-state index in [1.165, 1.54) is 13.4 Å². The highest BCUT2D eigenvalue weighted by molar-refractivity contribution is 7.18. The molecule has 6 nitrogen and oxygen atoms in total. The molecule has 0 aromatic carbocycles. The molecule has 0 saturated heterocycles. The van der Waals surface area contributed by atoms with Crippen LogP contribution in [0.5, 0.6) is 0 Å². The van der Waals surface area contributed by atoms with E-state index in [9.17, 15) is 4.79 Å². The van der Waals surface area contributed by atoms with Gasteiger partial charge in [0, 0.05) is 12.0 Å². The van der Waals surface area contributed by atoms with Crippen molar-refractivity contribution >= 4 is 33.3 Å². The summed E-state index contributed by atoms with van der Waals surface area (Å²) in [5.74, 6) is -0.371. The molecule has 2 aromatic rings. The smallest absolute Gasteiger partial charge is 0.334 e. The molecule has 0 aliphatic heterocycles. The summed E-state index contributed by atoms with van der Waals surface area (Å²) in [5, 5.41) is 12.8. The van der Waals surface area contributed by atoms with Gasteiger partial charge in [-0.25, -0.2) is 14.8 Å². The number of aryl methyl sites for hydroxylation is 1. The normalized spacial score (nSPS) is 12.6. The zero-order valence-electron chi connectivity index (χ0n) is 10.0. The number of carboxylic acids is 1. The maximum absolute atomic E-state index is 10.8. The van der Waals surface area contributed by atoms with E-state index < -0.39 is 12.1 Å². The highest BCUT2D eigenvalue weighted by atomic mass is 32.1. The Balaban J connectivity index is 2.19. The van der Waals surface area contributed by atoms with E-state index >= 15 is 0 Å². The number of aliphatic carboxylic acids is 1. The molecule has 0 bridgehead atoms. The Morgan fingerprint density at radius 1 is 1.61 bits per heavy atom. The second-order valence-electron chi connectivity index (χ2n) is 3.74. The van der Waals surface area contributed by atoms with Gasteiger partial charge in [0.2, 0.25) is 0 Å². The number of nitrogens with zero attached hydrogens (tertiary/aromatic N) is 2. The first-order valence-corrected chi connectivity index (χ1v) is 6.14. The largest absolute Gasteiger partial charge is 0.479 e. The van der Waals surface area contributed by atoms with Crippen molar-refractivity contribution in [2.75, 3.05) is 19.0 Å². The summed E-state index contributed by atoms with van der Waals surface area (Å²) in [7, 11) is 1.37. The minimum absolute atomic E-state index is 0.160. The van der Waals surface area contributed by atoms with Crippen molar-refractivity contribution < 1.29 is 14.6 Å². The van der Waals surface area contributed by atoms with Crippen LogP contribution in [0.3, 0.4) is 0 Å². The number of rotatable bonds is 5. The van der Waals surface area contributed by atoms with Gasteiger partial charge in [-0.15, -0.1) is 11.3 Å². The van der Waals surface area contributed by atoms with Crippen LogP contribution in [-0.2, 0) is 9.53 Å². The topological polar surface area (TPSA) is 84.3 Å². The lowest BCUT2D eigenvalue weighted by Crippen LogP contribution is -2.30. The standard InChI is InChI=1S/C11H13N3O3S/c1-6-3-7-9(13-5-14-10(7)18-6)12-4-8(17-2)11(15)16/h3,5,8H,4H2,1-2H3,(H,15,16)(H,12,13,14). The first kappa shape index (κ1) is 12.7. The molecule has 18 heavy (non-hydrogen) atoms. The molecule has 7 heteroatoms. The second-order valence-corrected chi connectivity index (χ2v) is 4.98. The first-order chi connectivity index (χ1) is 8.61. The zero-order valence-corrected chi connectivity index (χ0v) is 10.8. The van der Waals surface area contributed by atoms with Crippen LogP contribution in [0.1, 0.15) is 4.88 Å². The van der Waals surface area contributed by atoms with Gasteiger partial charge in [0.05, 0.1) is 11.9 Å². The predicted molar refractivity (Wildman–Crippen MR) is 69.1 cm³/mol. The van der Waals surface area contributed by atoms with Crippen molar-refractivity contribution in [1.82, 2.24) is 9.97 Å². The summed E-state index contributed by atoms with van der Waals surface area (Å²) in [6.07, 6.45) is 0.568. The molecule has 2 heterocycles. The SMILES string of the molecule is COC(CNc1ncnc2sc(C)cc12)C(=O)O. The maximum Gasteiger partial charge on any atom is 0.334 e. The maximum atomic E-state index is 10.8. The fourth-order valence-corrected chi connectivity index (χ4v) is 2.42. The molecule has 96 valence electrons. The summed E-state index contributed by atoms with van der Waals surface area (Å²) >= 11 is 1.57. The van der Waals surface area contributed by atoms with Crippen molar-refractivity contribution in [3.8, 4) is 0 Å². The highest BCUT2D eigenvalue weighted by Gasteiger charge is 2.16. The predicted octanol–water partition coefficient (Wildman–Crippen LogP) is 1.51. The molecule has 0 saturated carbocycles. The van der Waals surface area contributed by atoms with Crippen LogP contribution in [-0.4, -0.2) is 40.8 Å². The molecule has 0 aliphatic rings. The Kier molecular flexibility index (Phi) is 3.73. The lowest BCUT2D eigenvalue weighted by molar-refractivity contribution is -0.147.